The first-order chi connectivity index (χ1) is 7.79. The minimum atomic E-state index is 0.236. The van der Waals surface area contributed by atoms with E-state index in [4.69, 9.17) is 0 Å². The van der Waals surface area contributed by atoms with Gasteiger partial charge in [0.1, 0.15) is 5.78 Å². The third kappa shape index (κ3) is 1.36. The van der Waals surface area contributed by atoms with Crippen molar-refractivity contribution in [2.24, 2.45) is 5.92 Å². The van der Waals surface area contributed by atoms with Crippen LogP contribution < -0.4 is 5.32 Å². The van der Waals surface area contributed by atoms with E-state index < -0.39 is 0 Å². The molecule has 0 bridgehead atoms. The van der Waals surface area contributed by atoms with Gasteiger partial charge in [0.05, 0.1) is 0 Å². The first-order valence-electron chi connectivity index (χ1n) is 6.19. The van der Waals surface area contributed by atoms with Crippen LogP contribution in [-0.4, -0.2) is 12.3 Å². The van der Waals surface area contributed by atoms with Crippen LogP contribution in [0, 0.1) is 5.92 Å². The molecule has 2 heteroatoms. The molecule has 84 valence electrons. The Hall–Kier alpha value is -1.31. The fraction of sp³-hybridized carbons (Fsp3) is 0.500. The van der Waals surface area contributed by atoms with Crippen LogP contribution in [0.3, 0.4) is 0 Å². The summed E-state index contributed by atoms with van der Waals surface area (Å²) in [7, 11) is 0. The van der Waals surface area contributed by atoms with Crippen molar-refractivity contribution in [3.8, 4) is 0 Å². The maximum atomic E-state index is 11.7. The highest BCUT2D eigenvalue weighted by Gasteiger charge is 2.39. The molecule has 1 aliphatic heterocycles. The molecule has 2 atom stereocenters. The fourth-order valence-electron chi connectivity index (χ4n) is 3.06. The highest BCUT2D eigenvalue weighted by molar-refractivity contribution is 5.86. The third-order valence-corrected chi connectivity index (χ3v) is 4.04. The molecule has 0 saturated heterocycles. The number of carbonyl (C=O) groups excluding carboxylic acids is 1. The lowest BCUT2D eigenvalue weighted by Crippen LogP contribution is -2.28. The Balaban J connectivity index is 2.04. The summed E-state index contributed by atoms with van der Waals surface area (Å²) in [4.78, 5) is 11.7. The quantitative estimate of drug-likeness (QED) is 0.780. The average molecular weight is 215 g/mol. The number of benzene rings is 1. The number of rotatable bonds is 1. The normalized spacial score (nSPS) is 27.2. The van der Waals surface area contributed by atoms with E-state index in [2.05, 4.69) is 30.4 Å². The number of anilines is 1. The SMILES string of the molecule is CCc1ccc2c(c1)[C@H]1CCC(=O)C1CN2. The van der Waals surface area contributed by atoms with Crippen LogP contribution in [0.1, 0.15) is 36.8 Å². The molecule has 1 fully saturated rings. The molecule has 1 saturated carbocycles. The van der Waals surface area contributed by atoms with Gasteiger partial charge in [0.2, 0.25) is 0 Å². The number of aryl methyl sites for hydroxylation is 1. The van der Waals surface area contributed by atoms with Crippen molar-refractivity contribution in [1.82, 2.24) is 0 Å². The van der Waals surface area contributed by atoms with Crippen LogP contribution in [0.2, 0.25) is 0 Å². The number of ketones is 1. The Morgan fingerprint density at radius 2 is 2.25 bits per heavy atom. The molecule has 2 nitrogen and oxygen atoms in total. The molecule has 3 rings (SSSR count). The van der Waals surface area contributed by atoms with Gasteiger partial charge in [-0.2, -0.15) is 0 Å². The Labute approximate surface area is 96.1 Å². The molecule has 1 aromatic rings. The summed E-state index contributed by atoms with van der Waals surface area (Å²) in [5, 5.41) is 3.39. The molecule has 1 aromatic carbocycles. The van der Waals surface area contributed by atoms with E-state index in [0.29, 0.717) is 11.7 Å². The predicted molar refractivity (Wildman–Crippen MR) is 64.8 cm³/mol. The topological polar surface area (TPSA) is 29.1 Å². The number of nitrogens with one attached hydrogen (secondary N) is 1. The van der Waals surface area contributed by atoms with Gasteiger partial charge in [-0.25, -0.2) is 0 Å². The van der Waals surface area contributed by atoms with Crippen LogP contribution in [0.15, 0.2) is 18.2 Å². The lowest BCUT2D eigenvalue weighted by molar-refractivity contribution is -0.120. The summed E-state index contributed by atoms with van der Waals surface area (Å²) in [5.74, 6) is 1.17. The molecule has 1 unspecified atom stereocenters. The highest BCUT2D eigenvalue weighted by Crippen LogP contribution is 2.43. The van der Waals surface area contributed by atoms with Gasteiger partial charge in [0, 0.05) is 24.6 Å². The van der Waals surface area contributed by atoms with Crippen molar-refractivity contribution < 1.29 is 4.79 Å². The van der Waals surface area contributed by atoms with Gasteiger partial charge in [-0.3, -0.25) is 4.79 Å². The van der Waals surface area contributed by atoms with Gasteiger partial charge in [-0.1, -0.05) is 19.1 Å². The van der Waals surface area contributed by atoms with Crippen molar-refractivity contribution in [3.05, 3.63) is 29.3 Å². The lowest BCUT2D eigenvalue weighted by Gasteiger charge is -2.29. The average Bonchev–Trinajstić information content (AvgIpc) is 2.71. The fourth-order valence-corrected chi connectivity index (χ4v) is 3.06. The van der Waals surface area contributed by atoms with E-state index in [0.717, 1.165) is 25.8 Å². The first-order valence-corrected chi connectivity index (χ1v) is 6.19. The minimum absolute atomic E-state index is 0.236. The third-order valence-electron chi connectivity index (χ3n) is 4.04. The predicted octanol–water partition coefficient (Wildman–Crippen LogP) is 2.74. The molecule has 0 radical (unpaired) electrons. The van der Waals surface area contributed by atoms with Crippen LogP contribution in [0.4, 0.5) is 5.69 Å². The van der Waals surface area contributed by atoms with E-state index in [1.807, 2.05) is 0 Å². The molecule has 2 aliphatic rings. The van der Waals surface area contributed by atoms with Crippen molar-refractivity contribution in [2.75, 3.05) is 11.9 Å². The van der Waals surface area contributed by atoms with E-state index in [9.17, 15) is 4.79 Å². The van der Waals surface area contributed by atoms with Crippen LogP contribution in [0.5, 0.6) is 0 Å². The van der Waals surface area contributed by atoms with Gasteiger partial charge in [0.25, 0.3) is 0 Å². The molecule has 0 spiro atoms. The summed E-state index contributed by atoms with van der Waals surface area (Å²) < 4.78 is 0. The smallest absolute Gasteiger partial charge is 0.138 e. The molecular weight excluding hydrogens is 198 g/mol. The minimum Gasteiger partial charge on any atom is -0.384 e. The Morgan fingerprint density at radius 1 is 1.38 bits per heavy atom. The van der Waals surface area contributed by atoms with Gasteiger partial charge >= 0.3 is 0 Å². The Morgan fingerprint density at radius 3 is 3.06 bits per heavy atom. The highest BCUT2D eigenvalue weighted by atomic mass is 16.1. The zero-order chi connectivity index (χ0) is 11.1. The summed E-state index contributed by atoms with van der Waals surface area (Å²) in [6.07, 6.45) is 2.89. The molecule has 1 aliphatic carbocycles. The second-order valence-electron chi connectivity index (χ2n) is 4.87. The van der Waals surface area contributed by atoms with Gasteiger partial charge in [0.15, 0.2) is 0 Å². The monoisotopic (exact) mass is 215 g/mol. The van der Waals surface area contributed by atoms with Crippen LogP contribution in [-0.2, 0) is 11.2 Å². The van der Waals surface area contributed by atoms with Crippen LogP contribution >= 0.6 is 0 Å². The molecule has 1 heterocycles. The maximum Gasteiger partial charge on any atom is 0.138 e. The molecule has 0 aromatic heterocycles. The summed E-state index contributed by atoms with van der Waals surface area (Å²) in [6, 6.07) is 6.65. The maximum absolute atomic E-state index is 11.7. The van der Waals surface area contributed by atoms with Crippen molar-refractivity contribution in [1.29, 1.82) is 0 Å². The summed E-state index contributed by atoms with van der Waals surface area (Å²) >= 11 is 0. The molecule has 0 amide bonds. The van der Waals surface area contributed by atoms with Crippen molar-refractivity contribution in [2.45, 2.75) is 32.1 Å². The first kappa shape index (κ1) is 9.88. The number of hydrogen-bond donors (Lipinski definition) is 1. The molecule has 1 N–H and O–H groups in total. The number of hydrogen-bond acceptors (Lipinski definition) is 2. The number of carbonyl (C=O) groups is 1. The standard InChI is InChI=1S/C14H17NO/c1-2-9-3-5-13-11(7-9)10-4-6-14(16)12(10)8-15-13/h3,5,7,10,12,15H,2,4,6,8H2,1H3/t10-,12?/m1/s1. The van der Waals surface area contributed by atoms with Crippen molar-refractivity contribution >= 4 is 11.5 Å². The van der Waals surface area contributed by atoms with E-state index in [-0.39, 0.29) is 5.92 Å². The van der Waals surface area contributed by atoms with E-state index >= 15 is 0 Å². The Bertz CT molecular complexity index is 438. The largest absolute Gasteiger partial charge is 0.384 e. The van der Waals surface area contributed by atoms with E-state index in [1.54, 1.807) is 0 Å². The molecular formula is C14H17NO. The lowest BCUT2D eigenvalue weighted by atomic mass is 9.83. The van der Waals surface area contributed by atoms with Crippen molar-refractivity contribution in [3.63, 3.8) is 0 Å². The van der Waals surface area contributed by atoms with Gasteiger partial charge in [-0.15, -0.1) is 0 Å². The van der Waals surface area contributed by atoms with Crippen LogP contribution in [0.25, 0.3) is 0 Å². The zero-order valence-electron chi connectivity index (χ0n) is 9.62. The second kappa shape index (κ2) is 3.62. The number of fused-ring (bicyclic) bond motifs is 3. The van der Waals surface area contributed by atoms with Gasteiger partial charge < -0.3 is 5.32 Å². The second-order valence-corrected chi connectivity index (χ2v) is 4.87. The summed E-state index contributed by atoms with van der Waals surface area (Å²) in [6.45, 7) is 3.01. The van der Waals surface area contributed by atoms with E-state index in [1.165, 1.54) is 16.8 Å². The molecule has 16 heavy (non-hydrogen) atoms. The Kier molecular flexibility index (Phi) is 2.23. The zero-order valence-corrected chi connectivity index (χ0v) is 9.62. The number of Topliss-reactive ketones (excluding diaryl/α,β-unsaturated/α-hetero) is 1. The summed E-state index contributed by atoms with van der Waals surface area (Å²) in [5.41, 5.74) is 4.00. The van der Waals surface area contributed by atoms with Gasteiger partial charge in [-0.05, 0) is 36.0 Å².